The maximum absolute atomic E-state index is 11.1. The Kier molecular flexibility index (Phi) is 4.91. The van der Waals surface area contributed by atoms with Crippen molar-refractivity contribution in [1.29, 1.82) is 0 Å². The third kappa shape index (κ3) is 3.04. The van der Waals surface area contributed by atoms with E-state index in [-0.39, 0.29) is 0 Å². The van der Waals surface area contributed by atoms with Crippen molar-refractivity contribution in [3.05, 3.63) is 32.7 Å². The average Bonchev–Trinajstić information content (AvgIpc) is 2.29. The Morgan fingerprint density at radius 2 is 2.00 bits per heavy atom. The van der Waals surface area contributed by atoms with E-state index in [9.17, 15) is 15.0 Å². The van der Waals surface area contributed by atoms with Crippen LogP contribution in [0.5, 0.6) is 0 Å². The molecule has 2 N–H and O–H groups in total. The van der Waals surface area contributed by atoms with Gasteiger partial charge in [0.15, 0.2) is 6.10 Å². The molecule has 0 spiro atoms. The number of aliphatic hydroxyl groups excluding tert-OH is 2. The molecule has 0 aliphatic heterocycles. The van der Waals surface area contributed by atoms with Crippen molar-refractivity contribution < 1.29 is 19.7 Å². The number of carbonyl (C=O) groups is 1. The Morgan fingerprint density at radius 1 is 1.38 bits per heavy atom. The normalized spacial score (nSPS) is 14.3. The topological polar surface area (TPSA) is 66.8 Å². The van der Waals surface area contributed by atoms with Crippen LogP contribution in [-0.2, 0) is 9.53 Å². The number of methoxy groups -OCH3 is 1. The van der Waals surface area contributed by atoms with E-state index in [1.54, 1.807) is 18.2 Å². The molecule has 6 heteroatoms. The highest BCUT2D eigenvalue weighted by Crippen LogP contribution is 2.29. The van der Waals surface area contributed by atoms with Crippen molar-refractivity contribution in [2.45, 2.75) is 12.2 Å². The van der Waals surface area contributed by atoms with Crippen molar-refractivity contribution in [3.63, 3.8) is 0 Å². The van der Waals surface area contributed by atoms with Gasteiger partial charge in [-0.2, -0.15) is 0 Å². The summed E-state index contributed by atoms with van der Waals surface area (Å²) in [5, 5.41) is 19.3. The van der Waals surface area contributed by atoms with Gasteiger partial charge in [-0.1, -0.05) is 31.9 Å². The summed E-state index contributed by atoms with van der Waals surface area (Å²) in [6.07, 6.45) is -2.94. The smallest absolute Gasteiger partial charge is 0.337 e. The van der Waals surface area contributed by atoms with Gasteiger partial charge in [-0.25, -0.2) is 4.79 Å². The quantitative estimate of drug-likeness (QED) is 0.813. The second-order valence-electron chi connectivity index (χ2n) is 3.08. The molecule has 4 nitrogen and oxygen atoms in total. The highest BCUT2D eigenvalue weighted by Gasteiger charge is 2.27. The van der Waals surface area contributed by atoms with Gasteiger partial charge >= 0.3 is 5.97 Å². The largest absolute Gasteiger partial charge is 0.467 e. The van der Waals surface area contributed by atoms with E-state index in [1.165, 1.54) is 0 Å². The van der Waals surface area contributed by atoms with Crippen LogP contribution in [0, 0.1) is 0 Å². The zero-order valence-electron chi connectivity index (χ0n) is 8.35. The molecule has 0 fully saturated rings. The minimum atomic E-state index is -1.60. The van der Waals surface area contributed by atoms with Gasteiger partial charge in [-0.15, -0.1) is 0 Å². The van der Waals surface area contributed by atoms with E-state index in [2.05, 4.69) is 36.6 Å². The molecular weight excluding hydrogens is 344 g/mol. The molecule has 0 aliphatic rings. The SMILES string of the molecule is COC(=O)C(O)C(O)c1cc(Br)ccc1Br. The maximum Gasteiger partial charge on any atom is 0.337 e. The average molecular weight is 354 g/mol. The molecule has 1 aromatic rings. The molecule has 0 bridgehead atoms. The second-order valence-corrected chi connectivity index (χ2v) is 4.85. The minimum Gasteiger partial charge on any atom is -0.467 e. The number of esters is 1. The Balaban J connectivity index is 2.99. The van der Waals surface area contributed by atoms with Crippen molar-refractivity contribution in [2.24, 2.45) is 0 Å². The van der Waals surface area contributed by atoms with E-state index in [1.807, 2.05) is 0 Å². The minimum absolute atomic E-state index is 0.410. The first-order chi connectivity index (χ1) is 7.47. The van der Waals surface area contributed by atoms with Gasteiger partial charge in [0.1, 0.15) is 6.10 Å². The van der Waals surface area contributed by atoms with Crippen LogP contribution in [-0.4, -0.2) is 29.4 Å². The number of halogens is 2. The first-order valence-corrected chi connectivity index (χ1v) is 5.95. The van der Waals surface area contributed by atoms with Crippen molar-refractivity contribution in [3.8, 4) is 0 Å². The molecule has 1 rings (SSSR count). The van der Waals surface area contributed by atoms with Crippen LogP contribution in [0.2, 0.25) is 0 Å². The summed E-state index contributed by atoms with van der Waals surface area (Å²) in [6, 6.07) is 5.08. The number of carbonyl (C=O) groups excluding carboxylic acids is 1. The predicted octanol–water partition coefficient (Wildman–Crippen LogP) is 1.78. The van der Waals surface area contributed by atoms with Gasteiger partial charge < -0.3 is 14.9 Å². The summed E-state index contributed by atoms with van der Waals surface area (Å²) >= 11 is 6.46. The molecule has 0 saturated heterocycles. The van der Waals surface area contributed by atoms with E-state index in [0.29, 0.717) is 10.0 Å². The van der Waals surface area contributed by atoms with Crippen molar-refractivity contribution in [2.75, 3.05) is 7.11 Å². The predicted molar refractivity (Wildman–Crippen MR) is 64.8 cm³/mol. The van der Waals surface area contributed by atoms with Gasteiger partial charge in [0, 0.05) is 8.95 Å². The van der Waals surface area contributed by atoms with E-state index >= 15 is 0 Å². The fraction of sp³-hybridized carbons (Fsp3) is 0.300. The Labute approximate surface area is 109 Å². The Morgan fingerprint density at radius 3 is 2.56 bits per heavy atom. The van der Waals surface area contributed by atoms with Crippen molar-refractivity contribution in [1.82, 2.24) is 0 Å². The second kappa shape index (κ2) is 5.77. The molecule has 0 aliphatic carbocycles. The number of hydrogen-bond donors (Lipinski definition) is 2. The third-order valence-corrected chi connectivity index (χ3v) is 3.23. The molecular formula is C10H10Br2O4. The van der Waals surface area contributed by atoms with Crippen LogP contribution in [0.1, 0.15) is 11.7 Å². The molecule has 2 unspecified atom stereocenters. The van der Waals surface area contributed by atoms with Gasteiger partial charge in [0.2, 0.25) is 0 Å². The summed E-state index contributed by atoms with van der Waals surface area (Å²) in [5.74, 6) is -0.876. The van der Waals surface area contributed by atoms with E-state index < -0.39 is 18.2 Å². The molecule has 2 atom stereocenters. The van der Waals surface area contributed by atoms with Crippen LogP contribution in [0.15, 0.2) is 27.1 Å². The zero-order chi connectivity index (χ0) is 12.3. The van der Waals surface area contributed by atoms with Crippen LogP contribution >= 0.6 is 31.9 Å². The molecule has 1 aromatic carbocycles. The lowest BCUT2D eigenvalue weighted by atomic mass is 10.0. The van der Waals surface area contributed by atoms with Crippen molar-refractivity contribution >= 4 is 37.8 Å². The fourth-order valence-electron chi connectivity index (χ4n) is 1.16. The highest BCUT2D eigenvalue weighted by atomic mass is 79.9. The Hall–Kier alpha value is -0.430. The summed E-state index contributed by atoms with van der Waals surface area (Å²) in [7, 11) is 1.15. The number of benzene rings is 1. The molecule has 0 heterocycles. The number of aliphatic hydroxyl groups is 2. The monoisotopic (exact) mass is 352 g/mol. The molecule has 0 saturated carbocycles. The summed E-state index contributed by atoms with van der Waals surface area (Å²) in [4.78, 5) is 11.1. The summed E-state index contributed by atoms with van der Waals surface area (Å²) in [6.45, 7) is 0. The van der Waals surface area contributed by atoms with Gasteiger partial charge in [0.05, 0.1) is 7.11 Å². The van der Waals surface area contributed by atoms with Gasteiger partial charge in [-0.05, 0) is 23.8 Å². The van der Waals surface area contributed by atoms with Crippen LogP contribution < -0.4 is 0 Å². The third-order valence-electron chi connectivity index (χ3n) is 2.02. The number of ether oxygens (including phenoxy) is 1. The standard InChI is InChI=1S/C10H10Br2O4/c1-16-10(15)9(14)8(13)6-4-5(11)2-3-7(6)12/h2-4,8-9,13-14H,1H3. The lowest BCUT2D eigenvalue weighted by Crippen LogP contribution is -2.29. The first kappa shape index (κ1) is 13.6. The Bertz CT molecular complexity index is 394. The lowest BCUT2D eigenvalue weighted by Gasteiger charge is -2.17. The van der Waals surface area contributed by atoms with E-state index in [4.69, 9.17) is 0 Å². The lowest BCUT2D eigenvalue weighted by molar-refractivity contribution is -0.156. The molecule has 88 valence electrons. The van der Waals surface area contributed by atoms with Gasteiger partial charge in [0.25, 0.3) is 0 Å². The van der Waals surface area contributed by atoms with E-state index in [0.717, 1.165) is 11.6 Å². The zero-order valence-corrected chi connectivity index (χ0v) is 11.5. The molecule has 0 radical (unpaired) electrons. The maximum atomic E-state index is 11.1. The molecule has 0 aromatic heterocycles. The van der Waals surface area contributed by atoms with Crippen LogP contribution in [0.4, 0.5) is 0 Å². The number of rotatable bonds is 3. The molecule has 16 heavy (non-hydrogen) atoms. The first-order valence-electron chi connectivity index (χ1n) is 4.36. The number of hydrogen-bond acceptors (Lipinski definition) is 4. The summed E-state index contributed by atoms with van der Waals surface area (Å²) in [5.41, 5.74) is 0.410. The van der Waals surface area contributed by atoms with Crippen LogP contribution in [0.3, 0.4) is 0 Å². The molecule has 0 amide bonds. The fourth-order valence-corrected chi connectivity index (χ4v) is 2.02. The van der Waals surface area contributed by atoms with Crippen LogP contribution in [0.25, 0.3) is 0 Å². The highest BCUT2D eigenvalue weighted by molar-refractivity contribution is 9.11. The summed E-state index contributed by atoms with van der Waals surface area (Å²) < 4.78 is 5.69. The van der Waals surface area contributed by atoms with Gasteiger partial charge in [-0.3, -0.25) is 0 Å².